The van der Waals surface area contributed by atoms with E-state index >= 15 is 0 Å². The summed E-state index contributed by atoms with van der Waals surface area (Å²) in [6.45, 7) is 0. The predicted octanol–water partition coefficient (Wildman–Crippen LogP) is 4.71. The van der Waals surface area contributed by atoms with Gasteiger partial charge in [-0.25, -0.2) is 4.98 Å². The lowest BCUT2D eigenvalue weighted by Crippen LogP contribution is -2.32. The van der Waals surface area contributed by atoms with Crippen LogP contribution in [0, 0.1) is 0 Å². The lowest BCUT2D eigenvalue weighted by Gasteiger charge is -2.35. The summed E-state index contributed by atoms with van der Waals surface area (Å²) in [5.74, 6) is 0.984. The molecule has 0 atom stereocenters. The van der Waals surface area contributed by atoms with E-state index in [1.807, 2.05) is 0 Å². The van der Waals surface area contributed by atoms with Crippen molar-refractivity contribution >= 4 is 27.2 Å². The second kappa shape index (κ2) is 4.23. The van der Waals surface area contributed by atoms with E-state index in [-0.39, 0.29) is 5.60 Å². The average Bonchev–Trinajstić information content (AvgIpc) is 3.15. The van der Waals surface area contributed by atoms with Crippen molar-refractivity contribution in [1.82, 2.24) is 4.98 Å². The zero-order valence-corrected chi connectivity index (χ0v) is 13.0. The van der Waals surface area contributed by atoms with Gasteiger partial charge in [0.2, 0.25) is 0 Å². The van der Waals surface area contributed by atoms with E-state index in [1.165, 1.54) is 28.5 Å². The predicted molar refractivity (Wildman–Crippen MR) is 90.2 cm³/mol. The smallest absolute Gasteiger partial charge is 0.180 e. The van der Waals surface area contributed by atoms with Crippen LogP contribution in [0.25, 0.3) is 22.0 Å². The molecule has 5 rings (SSSR count). The van der Waals surface area contributed by atoms with Crippen LogP contribution >= 0.6 is 11.3 Å². The Morgan fingerprint density at radius 2 is 1.91 bits per heavy atom. The van der Waals surface area contributed by atoms with Crippen LogP contribution in [0.2, 0.25) is 0 Å². The minimum absolute atomic E-state index is 0.207. The van der Waals surface area contributed by atoms with Crippen molar-refractivity contribution in [2.45, 2.75) is 31.3 Å². The molecule has 3 nitrogen and oxygen atoms in total. The van der Waals surface area contributed by atoms with Crippen LogP contribution in [0.4, 0.5) is 5.13 Å². The Kier molecular flexibility index (Phi) is 2.40. The van der Waals surface area contributed by atoms with Gasteiger partial charge in [-0.1, -0.05) is 41.7 Å². The number of ether oxygens (including phenoxy) is 1. The van der Waals surface area contributed by atoms with Crippen LogP contribution in [0.3, 0.4) is 0 Å². The molecule has 0 saturated heterocycles. The van der Waals surface area contributed by atoms with E-state index in [9.17, 15) is 0 Å². The van der Waals surface area contributed by atoms with E-state index in [0.29, 0.717) is 5.13 Å². The molecule has 2 heterocycles. The first-order chi connectivity index (χ1) is 10.8. The third-order valence-corrected chi connectivity index (χ3v) is 5.97. The highest BCUT2D eigenvalue weighted by molar-refractivity contribution is 7.16. The molecular formula is C18H16N2OS. The summed E-state index contributed by atoms with van der Waals surface area (Å²) >= 11 is 1.60. The van der Waals surface area contributed by atoms with Gasteiger partial charge in [-0.15, -0.1) is 0 Å². The molecule has 4 heteroatoms. The van der Waals surface area contributed by atoms with Gasteiger partial charge >= 0.3 is 0 Å². The molecule has 2 N–H and O–H groups in total. The fraction of sp³-hybridized carbons (Fsp3) is 0.278. The van der Waals surface area contributed by atoms with Crippen LogP contribution in [0.1, 0.15) is 30.6 Å². The first kappa shape index (κ1) is 12.5. The SMILES string of the molecule is Nc1nc2c(s1)C1(CCCC1)Oc1c-2ccc2ccccc12. The highest BCUT2D eigenvalue weighted by Gasteiger charge is 2.46. The summed E-state index contributed by atoms with van der Waals surface area (Å²) in [7, 11) is 0. The molecule has 1 fully saturated rings. The molecule has 0 amide bonds. The van der Waals surface area contributed by atoms with Gasteiger partial charge in [-0.2, -0.15) is 0 Å². The summed E-state index contributed by atoms with van der Waals surface area (Å²) < 4.78 is 6.65. The molecule has 1 aliphatic heterocycles. The summed E-state index contributed by atoms with van der Waals surface area (Å²) in [6, 6.07) is 12.7. The Hall–Kier alpha value is -2.07. The number of nitrogen functional groups attached to an aromatic ring is 1. The maximum Gasteiger partial charge on any atom is 0.180 e. The van der Waals surface area contributed by atoms with E-state index in [4.69, 9.17) is 10.5 Å². The molecule has 0 unspecified atom stereocenters. The number of benzene rings is 2. The first-order valence-corrected chi connectivity index (χ1v) is 8.56. The van der Waals surface area contributed by atoms with Gasteiger partial charge in [0.05, 0.1) is 10.6 Å². The minimum atomic E-state index is -0.207. The molecule has 2 aliphatic rings. The van der Waals surface area contributed by atoms with Gasteiger partial charge < -0.3 is 10.5 Å². The second-order valence-electron chi connectivity index (χ2n) is 6.20. The number of rotatable bonds is 0. The Morgan fingerprint density at radius 1 is 1.09 bits per heavy atom. The zero-order valence-electron chi connectivity index (χ0n) is 12.1. The monoisotopic (exact) mass is 308 g/mol. The molecule has 1 aliphatic carbocycles. The fourth-order valence-corrected chi connectivity index (χ4v) is 4.91. The van der Waals surface area contributed by atoms with Gasteiger partial charge in [0.15, 0.2) is 5.13 Å². The summed E-state index contributed by atoms with van der Waals surface area (Å²) in [5, 5.41) is 3.02. The van der Waals surface area contributed by atoms with Crippen molar-refractivity contribution in [2.24, 2.45) is 0 Å². The van der Waals surface area contributed by atoms with E-state index in [1.54, 1.807) is 11.3 Å². The quantitative estimate of drug-likeness (QED) is 0.654. The molecule has 1 saturated carbocycles. The standard InChI is InChI=1S/C18H16N2OS/c19-17-20-14-13-8-7-11-5-1-2-6-12(11)15(13)21-18(16(14)22-17)9-3-4-10-18/h1-2,5-8H,3-4,9-10H2,(H2,19,20). The van der Waals surface area contributed by atoms with E-state index in [2.05, 4.69) is 41.4 Å². The molecule has 1 spiro atoms. The molecule has 0 bridgehead atoms. The lowest BCUT2D eigenvalue weighted by atomic mass is 9.90. The Bertz CT molecular complexity index is 893. The van der Waals surface area contributed by atoms with Gasteiger partial charge in [-0.3, -0.25) is 0 Å². The summed E-state index contributed by atoms with van der Waals surface area (Å²) in [5.41, 5.74) is 7.95. The molecule has 22 heavy (non-hydrogen) atoms. The highest BCUT2D eigenvalue weighted by Crippen LogP contribution is 2.55. The van der Waals surface area contributed by atoms with Gasteiger partial charge in [0.1, 0.15) is 11.4 Å². The van der Waals surface area contributed by atoms with Crippen molar-refractivity contribution in [3.8, 4) is 17.0 Å². The van der Waals surface area contributed by atoms with E-state index < -0.39 is 0 Å². The molecule has 2 aromatic carbocycles. The number of aromatic nitrogens is 1. The first-order valence-electron chi connectivity index (χ1n) is 7.75. The van der Waals surface area contributed by atoms with Gasteiger partial charge in [-0.05, 0) is 37.1 Å². The minimum Gasteiger partial charge on any atom is -0.480 e. The number of hydrogen-bond acceptors (Lipinski definition) is 4. The molecule has 3 aromatic rings. The maximum absolute atomic E-state index is 6.65. The van der Waals surface area contributed by atoms with Gasteiger partial charge in [0, 0.05) is 10.9 Å². The van der Waals surface area contributed by atoms with E-state index in [0.717, 1.165) is 29.8 Å². The van der Waals surface area contributed by atoms with Gasteiger partial charge in [0.25, 0.3) is 0 Å². The van der Waals surface area contributed by atoms with Crippen LogP contribution in [0.15, 0.2) is 36.4 Å². The summed E-state index contributed by atoms with van der Waals surface area (Å²) in [6.07, 6.45) is 4.53. The average molecular weight is 308 g/mol. The molecule has 1 aromatic heterocycles. The maximum atomic E-state index is 6.65. The van der Waals surface area contributed by atoms with Crippen molar-refractivity contribution < 1.29 is 4.74 Å². The number of anilines is 1. The Balaban J connectivity index is 1.86. The van der Waals surface area contributed by atoms with Crippen molar-refractivity contribution in [3.05, 3.63) is 41.3 Å². The number of fused-ring (bicyclic) bond motifs is 6. The summed E-state index contributed by atoms with van der Waals surface area (Å²) in [4.78, 5) is 5.86. The van der Waals surface area contributed by atoms with Crippen LogP contribution in [-0.4, -0.2) is 4.98 Å². The largest absolute Gasteiger partial charge is 0.480 e. The van der Waals surface area contributed by atoms with Crippen LogP contribution in [0.5, 0.6) is 5.75 Å². The third kappa shape index (κ3) is 1.53. The van der Waals surface area contributed by atoms with Crippen molar-refractivity contribution in [2.75, 3.05) is 5.73 Å². The highest BCUT2D eigenvalue weighted by atomic mass is 32.1. The Morgan fingerprint density at radius 3 is 2.77 bits per heavy atom. The molecular weight excluding hydrogens is 292 g/mol. The number of hydrogen-bond donors (Lipinski definition) is 1. The van der Waals surface area contributed by atoms with Crippen molar-refractivity contribution in [3.63, 3.8) is 0 Å². The number of thiazole rings is 1. The fourth-order valence-electron chi connectivity index (χ4n) is 3.88. The Labute approximate surface area is 132 Å². The topological polar surface area (TPSA) is 48.1 Å². The lowest BCUT2D eigenvalue weighted by molar-refractivity contribution is 0.0768. The van der Waals surface area contributed by atoms with Crippen LogP contribution in [-0.2, 0) is 5.60 Å². The number of nitrogens with two attached hydrogens (primary N) is 1. The normalized spacial score (nSPS) is 18.2. The zero-order chi connectivity index (χ0) is 14.7. The third-order valence-electron chi connectivity index (χ3n) is 4.90. The molecule has 110 valence electrons. The number of nitrogens with zero attached hydrogens (tertiary/aromatic N) is 1. The van der Waals surface area contributed by atoms with Crippen molar-refractivity contribution in [1.29, 1.82) is 0 Å². The van der Waals surface area contributed by atoms with Crippen LogP contribution < -0.4 is 10.5 Å². The second-order valence-corrected chi connectivity index (χ2v) is 7.23. The molecule has 0 radical (unpaired) electrons.